The molecule has 0 aliphatic carbocycles. The third kappa shape index (κ3) is 3.87. The molecule has 1 aromatic carbocycles. The zero-order valence-electron chi connectivity index (χ0n) is 9.51. The monoisotopic (exact) mass is 220 g/mol. The van der Waals surface area contributed by atoms with E-state index in [1.807, 2.05) is 36.4 Å². The van der Waals surface area contributed by atoms with Crippen molar-refractivity contribution in [3.8, 4) is 0 Å². The quantitative estimate of drug-likeness (QED) is 0.789. The summed E-state index contributed by atoms with van der Waals surface area (Å²) >= 11 is 0. The summed E-state index contributed by atoms with van der Waals surface area (Å²) < 4.78 is 4.50. The highest BCUT2D eigenvalue weighted by atomic mass is 16.5. The van der Waals surface area contributed by atoms with Crippen molar-refractivity contribution in [2.45, 2.75) is 19.4 Å². The van der Waals surface area contributed by atoms with Gasteiger partial charge >= 0.3 is 5.97 Å². The zero-order chi connectivity index (χ0) is 12.0. The van der Waals surface area contributed by atoms with Crippen molar-refractivity contribution in [2.24, 2.45) is 0 Å². The Hall–Kier alpha value is -1.61. The number of rotatable bonds is 4. The summed E-state index contributed by atoms with van der Waals surface area (Å²) in [6.45, 7) is 1.79. The number of benzene rings is 1. The maximum absolute atomic E-state index is 11.0. The van der Waals surface area contributed by atoms with Gasteiger partial charge in [-0.15, -0.1) is 0 Å². The summed E-state index contributed by atoms with van der Waals surface area (Å²) in [6, 6.07) is 9.65. The van der Waals surface area contributed by atoms with Gasteiger partial charge in [-0.1, -0.05) is 36.4 Å². The van der Waals surface area contributed by atoms with Crippen molar-refractivity contribution in [1.29, 1.82) is 0 Å². The van der Waals surface area contributed by atoms with Gasteiger partial charge in [0.25, 0.3) is 0 Å². The summed E-state index contributed by atoms with van der Waals surface area (Å²) in [5.41, 5.74) is 1.75. The van der Waals surface area contributed by atoms with Gasteiger partial charge in [0.15, 0.2) is 0 Å². The minimum Gasteiger partial charge on any atom is -0.469 e. The lowest BCUT2D eigenvalue weighted by atomic mass is 10.1. The number of carbonyl (C=O) groups is 1. The standard InChI is InChI=1S/C13H16O3/c1-10(12(14)9-13(15)16-2)8-11-6-4-3-5-7-11/h3-8,12,14H,9H2,1-2H3/b10-8+/t12-/m0/s1. The Morgan fingerprint density at radius 2 is 2.06 bits per heavy atom. The molecule has 0 heterocycles. The fourth-order valence-electron chi connectivity index (χ4n) is 1.31. The molecule has 0 unspecified atom stereocenters. The van der Waals surface area contributed by atoms with Crippen LogP contribution in [0.25, 0.3) is 6.08 Å². The SMILES string of the molecule is COC(=O)C[C@H](O)/C(C)=C/c1ccccc1. The number of carbonyl (C=O) groups excluding carboxylic acids is 1. The summed E-state index contributed by atoms with van der Waals surface area (Å²) in [6.07, 6.45) is 1.06. The molecule has 0 radical (unpaired) electrons. The average Bonchev–Trinajstić information content (AvgIpc) is 2.30. The van der Waals surface area contributed by atoms with Crippen LogP contribution in [0.15, 0.2) is 35.9 Å². The van der Waals surface area contributed by atoms with Crippen molar-refractivity contribution in [3.63, 3.8) is 0 Å². The molecule has 1 atom stereocenters. The van der Waals surface area contributed by atoms with E-state index in [1.165, 1.54) is 7.11 Å². The molecule has 0 bridgehead atoms. The average molecular weight is 220 g/mol. The van der Waals surface area contributed by atoms with Gasteiger partial charge < -0.3 is 9.84 Å². The largest absolute Gasteiger partial charge is 0.469 e. The first kappa shape index (κ1) is 12.5. The summed E-state index contributed by atoms with van der Waals surface area (Å²) in [4.78, 5) is 11.0. The number of hydrogen-bond acceptors (Lipinski definition) is 3. The maximum atomic E-state index is 11.0. The van der Waals surface area contributed by atoms with E-state index in [0.717, 1.165) is 11.1 Å². The molecule has 0 aliphatic rings. The fraction of sp³-hybridized carbons (Fsp3) is 0.308. The topological polar surface area (TPSA) is 46.5 Å². The first-order valence-electron chi connectivity index (χ1n) is 5.11. The van der Waals surface area contributed by atoms with Crippen molar-refractivity contribution in [3.05, 3.63) is 41.5 Å². The Morgan fingerprint density at radius 1 is 1.44 bits per heavy atom. The van der Waals surface area contributed by atoms with Crippen LogP contribution in [0.2, 0.25) is 0 Å². The molecule has 0 saturated carbocycles. The smallest absolute Gasteiger partial charge is 0.308 e. The van der Waals surface area contributed by atoms with Crippen LogP contribution >= 0.6 is 0 Å². The van der Waals surface area contributed by atoms with E-state index >= 15 is 0 Å². The van der Waals surface area contributed by atoms with E-state index in [9.17, 15) is 9.90 Å². The van der Waals surface area contributed by atoms with Gasteiger partial charge in [-0.3, -0.25) is 4.79 Å². The molecule has 0 amide bonds. The molecule has 0 fully saturated rings. The minimum atomic E-state index is -0.785. The van der Waals surface area contributed by atoms with E-state index in [1.54, 1.807) is 6.92 Å². The Morgan fingerprint density at radius 3 is 2.62 bits per heavy atom. The van der Waals surface area contributed by atoms with Crippen molar-refractivity contribution >= 4 is 12.0 Å². The highest BCUT2D eigenvalue weighted by molar-refractivity contribution is 5.70. The van der Waals surface area contributed by atoms with Crippen LogP contribution in [-0.2, 0) is 9.53 Å². The Balaban J connectivity index is 2.66. The van der Waals surface area contributed by atoms with Crippen molar-refractivity contribution in [1.82, 2.24) is 0 Å². The number of ether oxygens (including phenoxy) is 1. The molecule has 3 heteroatoms. The van der Waals surface area contributed by atoms with Gasteiger partial charge in [-0.25, -0.2) is 0 Å². The van der Waals surface area contributed by atoms with Gasteiger partial charge in [0.2, 0.25) is 0 Å². The molecule has 0 saturated heterocycles. The lowest BCUT2D eigenvalue weighted by molar-refractivity contribution is -0.142. The number of methoxy groups -OCH3 is 1. The molecular formula is C13H16O3. The van der Waals surface area contributed by atoms with Crippen LogP contribution in [0.1, 0.15) is 18.9 Å². The van der Waals surface area contributed by atoms with E-state index in [-0.39, 0.29) is 6.42 Å². The lowest BCUT2D eigenvalue weighted by Crippen LogP contribution is -2.15. The number of hydrogen-bond donors (Lipinski definition) is 1. The second kappa shape index (κ2) is 6.08. The predicted molar refractivity (Wildman–Crippen MR) is 62.7 cm³/mol. The minimum absolute atomic E-state index is 0.00827. The van der Waals surface area contributed by atoms with Gasteiger partial charge in [0.1, 0.15) is 0 Å². The molecule has 0 spiro atoms. The maximum Gasteiger partial charge on any atom is 0.308 e. The van der Waals surface area contributed by atoms with E-state index in [4.69, 9.17) is 0 Å². The number of aliphatic hydroxyl groups is 1. The van der Waals surface area contributed by atoms with E-state index in [2.05, 4.69) is 4.74 Å². The Bertz CT molecular complexity index is 368. The summed E-state index contributed by atoms with van der Waals surface area (Å²) in [7, 11) is 1.31. The summed E-state index contributed by atoms with van der Waals surface area (Å²) in [5.74, 6) is -0.409. The molecule has 86 valence electrons. The van der Waals surface area contributed by atoms with Gasteiger partial charge in [-0.05, 0) is 18.1 Å². The molecule has 0 aromatic heterocycles. The second-order valence-electron chi connectivity index (χ2n) is 3.60. The molecule has 1 aromatic rings. The van der Waals surface area contributed by atoms with Gasteiger partial charge in [0, 0.05) is 0 Å². The van der Waals surface area contributed by atoms with Crippen LogP contribution in [0.5, 0.6) is 0 Å². The molecule has 0 aliphatic heterocycles. The normalized spacial score (nSPS) is 13.3. The lowest BCUT2D eigenvalue weighted by Gasteiger charge is -2.09. The van der Waals surface area contributed by atoms with Crippen molar-refractivity contribution in [2.75, 3.05) is 7.11 Å². The molecule has 3 nitrogen and oxygen atoms in total. The Labute approximate surface area is 95.4 Å². The first-order chi connectivity index (χ1) is 7.63. The Kier molecular flexibility index (Phi) is 4.73. The second-order valence-corrected chi connectivity index (χ2v) is 3.60. The molecular weight excluding hydrogens is 204 g/mol. The van der Waals surface area contributed by atoms with Crippen LogP contribution in [0.3, 0.4) is 0 Å². The number of aliphatic hydroxyl groups excluding tert-OH is 1. The third-order valence-electron chi connectivity index (χ3n) is 2.31. The molecule has 1 rings (SSSR count). The van der Waals surface area contributed by atoms with Gasteiger partial charge in [-0.2, -0.15) is 0 Å². The van der Waals surface area contributed by atoms with Crippen LogP contribution in [0, 0.1) is 0 Å². The molecule has 1 N–H and O–H groups in total. The van der Waals surface area contributed by atoms with Crippen LogP contribution in [-0.4, -0.2) is 24.3 Å². The van der Waals surface area contributed by atoms with Crippen LogP contribution < -0.4 is 0 Å². The van der Waals surface area contributed by atoms with Gasteiger partial charge in [0.05, 0.1) is 19.6 Å². The van der Waals surface area contributed by atoms with E-state index < -0.39 is 12.1 Å². The highest BCUT2D eigenvalue weighted by Crippen LogP contribution is 2.12. The molecule has 16 heavy (non-hydrogen) atoms. The van der Waals surface area contributed by atoms with E-state index in [0.29, 0.717) is 0 Å². The van der Waals surface area contributed by atoms with Crippen molar-refractivity contribution < 1.29 is 14.6 Å². The predicted octanol–water partition coefficient (Wildman–Crippen LogP) is 2.01. The highest BCUT2D eigenvalue weighted by Gasteiger charge is 2.12. The fourth-order valence-corrected chi connectivity index (χ4v) is 1.31. The third-order valence-corrected chi connectivity index (χ3v) is 2.31. The number of esters is 1. The first-order valence-corrected chi connectivity index (χ1v) is 5.11. The van der Waals surface area contributed by atoms with Crippen LogP contribution in [0.4, 0.5) is 0 Å². The zero-order valence-corrected chi connectivity index (χ0v) is 9.51. The summed E-state index contributed by atoms with van der Waals surface area (Å²) in [5, 5.41) is 9.71.